The first kappa shape index (κ1) is 13.9. The molecule has 2 aromatic heterocycles. The largest absolute Gasteiger partial charge is 0.359 e. The summed E-state index contributed by atoms with van der Waals surface area (Å²) >= 11 is 0. The van der Waals surface area contributed by atoms with Crippen molar-refractivity contribution in [2.75, 3.05) is 7.05 Å². The Kier molecular flexibility index (Phi) is 3.65. The van der Waals surface area contributed by atoms with Gasteiger partial charge in [0.1, 0.15) is 11.5 Å². The third-order valence-corrected chi connectivity index (χ3v) is 3.03. The molecule has 0 radical (unpaired) electrons. The van der Waals surface area contributed by atoms with E-state index in [2.05, 4.69) is 20.4 Å². The van der Waals surface area contributed by atoms with Crippen molar-refractivity contribution in [1.29, 1.82) is 0 Å². The second-order valence-corrected chi connectivity index (χ2v) is 4.49. The lowest BCUT2D eigenvalue weighted by Gasteiger charge is -2.04. The molecule has 7 nitrogen and oxygen atoms in total. The Morgan fingerprint density at radius 2 is 2.14 bits per heavy atom. The molecule has 0 unspecified atom stereocenters. The summed E-state index contributed by atoms with van der Waals surface area (Å²) in [6.45, 7) is 0. The van der Waals surface area contributed by atoms with Crippen LogP contribution in [0.15, 0.2) is 41.3 Å². The molecule has 2 heterocycles. The Morgan fingerprint density at radius 1 is 1.36 bits per heavy atom. The van der Waals surface area contributed by atoms with Gasteiger partial charge in [-0.05, 0) is 24.3 Å². The smallest absolute Gasteiger partial charge is 0.276 e. The van der Waals surface area contributed by atoms with Crippen LogP contribution in [-0.2, 0) is 11.2 Å². The fourth-order valence-electron chi connectivity index (χ4n) is 1.92. The number of carbonyl (C=O) groups excluding carboxylic acids is 1. The van der Waals surface area contributed by atoms with E-state index >= 15 is 0 Å². The first-order chi connectivity index (χ1) is 10.7. The minimum Gasteiger partial charge on any atom is -0.359 e. The van der Waals surface area contributed by atoms with E-state index in [-0.39, 0.29) is 29.9 Å². The molecule has 112 valence electrons. The van der Waals surface area contributed by atoms with Gasteiger partial charge in [-0.1, -0.05) is 5.16 Å². The van der Waals surface area contributed by atoms with Crippen molar-refractivity contribution in [2.45, 2.75) is 6.42 Å². The van der Waals surface area contributed by atoms with Gasteiger partial charge in [-0.25, -0.2) is 9.37 Å². The van der Waals surface area contributed by atoms with Crippen molar-refractivity contribution in [3.63, 3.8) is 0 Å². The van der Waals surface area contributed by atoms with Crippen LogP contribution in [0.2, 0.25) is 0 Å². The van der Waals surface area contributed by atoms with E-state index in [1.807, 2.05) is 0 Å². The van der Waals surface area contributed by atoms with Crippen molar-refractivity contribution in [3.8, 4) is 17.3 Å². The molecule has 0 aliphatic rings. The molecule has 3 aromatic rings. The van der Waals surface area contributed by atoms with Crippen molar-refractivity contribution >= 4 is 5.91 Å². The first-order valence-corrected chi connectivity index (χ1v) is 6.49. The van der Waals surface area contributed by atoms with Crippen molar-refractivity contribution in [2.24, 2.45) is 0 Å². The van der Waals surface area contributed by atoms with Gasteiger partial charge >= 0.3 is 0 Å². The Bertz CT molecular complexity index is 794. The molecule has 0 bridgehead atoms. The van der Waals surface area contributed by atoms with Gasteiger partial charge in [-0.15, -0.1) is 0 Å². The number of rotatable bonds is 4. The zero-order chi connectivity index (χ0) is 15.5. The molecule has 22 heavy (non-hydrogen) atoms. The lowest BCUT2D eigenvalue weighted by Crippen LogP contribution is -2.20. The second kappa shape index (κ2) is 5.76. The van der Waals surface area contributed by atoms with E-state index in [4.69, 9.17) is 4.52 Å². The van der Waals surface area contributed by atoms with E-state index in [9.17, 15) is 9.18 Å². The van der Waals surface area contributed by atoms with E-state index in [1.165, 1.54) is 19.2 Å². The molecule has 0 saturated carbocycles. The van der Waals surface area contributed by atoms with Gasteiger partial charge in [0, 0.05) is 12.7 Å². The number of imidazole rings is 1. The van der Waals surface area contributed by atoms with E-state index < -0.39 is 0 Å². The summed E-state index contributed by atoms with van der Waals surface area (Å²) in [4.78, 5) is 19.5. The molecule has 0 spiro atoms. The number of aromatic nitrogens is 4. The van der Waals surface area contributed by atoms with Crippen molar-refractivity contribution < 1.29 is 13.7 Å². The number of hydrogen-bond acceptors (Lipinski definition) is 5. The fourth-order valence-corrected chi connectivity index (χ4v) is 1.92. The van der Waals surface area contributed by atoms with Gasteiger partial charge in [0.05, 0.1) is 18.9 Å². The van der Waals surface area contributed by atoms with E-state index in [0.29, 0.717) is 11.4 Å². The number of benzene rings is 1. The van der Waals surface area contributed by atoms with Crippen LogP contribution in [0.4, 0.5) is 4.39 Å². The maximum Gasteiger partial charge on any atom is 0.276 e. The van der Waals surface area contributed by atoms with Crippen LogP contribution in [0.1, 0.15) is 5.82 Å². The lowest BCUT2D eigenvalue weighted by molar-refractivity contribution is -0.120. The Labute approximate surface area is 124 Å². The molecule has 1 amide bonds. The van der Waals surface area contributed by atoms with Gasteiger partial charge in [0.15, 0.2) is 5.82 Å². The predicted octanol–water partition coefficient (Wildman–Crippen LogP) is 1.35. The minimum absolute atomic E-state index is 0.0324. The SMILES string of the molecule is CNC(=O)Cc1noc(-c2cncn2-c2ccc(F)cc2)n1. The quantitative estimate of drug-likeness (QED) is 0.786. The van der Waals surface area contributed by atoms with Crippen LogP contribution < -0.4 is 5.32 Å². The molecule has 3 rings (SSSR count). The molecule has 8 heteroatoms. The summed E-state index contributed by atoms with van der Waals surface area (Å²) in [5.41, 5.74) is 1.27. The summed E-state index contributed by atoms with van der Waals surface area (Å²) in [5.74, 6) is -0.0163. The molecule has 0 saturated heterocycles. The maximum absolute atomic E-state index is 13.0. The van der Waals surface area contributed by atoms with Gasteiger partial charge in [0.2, 0.25) is 5.91 Å². The lowest BCUT2D eigenvalue weighted by atomic mass is 10.3. The number of nitrogens with one attached hydrogen (secondary N) is 1. The zero-order valence-electron chi connectivity index (χ0n) is 11.7. The average Bonchev–Trinajstić information content (AvgIpc) is 3.16. The van der Waals surface area contributed by atoms with Crippen LogP contribution in [0.25, 0.3) is 17.3 Å². The highest BCUT2D eigenvalue weighted by Gasteiger charge is 2.16. The Morgan fingerprint density at radius 3 is 2.86 bits per heavy atom. The molecular weight excluding hydrogens is 289 g/mol. The monoisotopic (exact) mass is 301 g/mol. The summed E-state index contributed by atoms with van der Waals surface area (Å²) in [5, 5.41) is 6.25. The third-order valence-electron chi connectivity index (χ3n) is 3.03. The van der Waals surface area contributed by atoms with Crippen LogP contribution in [0.5, 0.6) is 0 Å². The molecule has 0 fully saturated rings. The Hall–Kier alpha value is -3.03. The first-order valence-electron chi connectivity index (χ1n) is 6.49. The predicted molar refractivity (Wildman–Crippen MR) is 74.6 cm³/mol. The second-order valence-electron chi connectivity index (χ2n) is 4.49. The normalized spacial score (nSPS) is 10.6. The van der Waals surface area contributed by atoms with Crippen LogP contribution in [0, 0.1) is 5.82 Å². The summed E-state index contributed by atoms with van der Waals surface area (Å²) in [6, 6.07) is 5.93. The van der Waals surface area contributed by atoms with Gasteiger partial charge in [-0.2, -0.15) is 4.98 Å². The average molecular weight is 301 g/mol. The molecular formula is C14H12FN5O2. The van der Waals surface area contributed by atoms with Gasteiger partial charge < -0.3 is 9.84 Å². The van der Waals surface area contributed by atoms with Gasteiger partial charge in [-0.3, -0.25) is 9.36 Å². The molecule has 0 atom stereocenters. The highest BCUT2D eigenvalue weighted by Crippen LogP contribution is 2.21. The zero-order valence-corrected chi connectivity index (χ0v) is 11.7. The summed E-state index contributed by atoms with van der Waals surface area (Å²) in [7, 11) is 1.53. The van der Waals surface area contributed by atoms with E-state index in [1.54, 1.807) is 29.2 Å². The standard InChI is InChI=1S/C14H12FN5O2/c1-16-13(21)6-12-18-14(22-19-12)11-7-17-8-20(11)10-4-2-9(15)3-5-10/h2-5,7-8H,6H2,1H3,(H,16,21). The highest BCUT2D eigenvalue weighted by molar-refractivity contribution is 5.77. The number of carbonyl (C=O) groups is 1. The van der Waals surface area contributed by atoms with Gasteiger partial charge in [0.25, 0.3) is 5.89 Å². The number of hydrogen-bond donors (Lipinski definition) is 1. The van der Waals surface area contributed by atoms with Crippen molar-refractivity contribution in [1.82, 2.24) is 25.0 Å². The number of amides is 1. The minimum atomic E-state index is -0.323. The van der Waals surface area contributed by atoms with Crippen LogP contribution in [-0.4, -0.2) is 32.6 Å². The number of likely N-dealkylation sites (N-methyl/N-ethyl adjacent to an activating group) is 1. The number of halogens is 1. The summed E-state index contributed by atoms with van der Waals surface area (Å²) in [6.07, 6.45) is 3.15. The van der Waals surface area contributed by atoms with Crippen LogP contribution >= 0.6 is 0 Å². The topological polar surface area (TPSA) is 85.8 Å². The fraction of sp³-hybridized carbons (Fsp3) is 0.143. The Balaban J connectivity index is 1.92. The maximum atomic E-state index is 13.0. The molecule has 0 aliphatic carbocycles. The summed E-state index contributed by atoms with van der Waals surface area (Å²) < 4.78 is 19.9. The van der Waals surface area contributed by atoms with E-state index in [0.717, 1.165) is 0 Å². The number of nitrogens with zero attached hydrogens (tertiary/aromatic N) is 4. The molecule has 1 aromatic carbocycles. The van der Waals surface area contributed by atoms with Crippen LogP contribution in [0.3, 0.4) is 0 Å². The molecule has 0 aliphatic heterocycles. The third kappa shape index (κ3) is 2.71. The highest BCUT2D eigenvalue weighted by atomic mass is 19.1. The van der Waals surface area contributed by atoms with Crippen molar-refractivity contribution in [3.05, 3.63) is 48.4 Å². The molecule has 1 N–H and O–H groups in total.